The molecular weight excluding hydrogens is 243 g/mol. The number of alkyl halides is 3. The zero-order valence-corrected chi connectivity index (χ0v) is 10.4. The van der Waals surface area contributed by atoms with E-state index in [-0.39, 0.29) is 18.9 Å². The molecule has 0 aliphatic heterocycles. The van der Waals surface area contributed by atoms with E-state index in [0.29, 0.717) is 19.4 Å². The molecule has 2 nitrogen and oxygen atoms in total. The fourth-order valence-electron chi connectivity index (χ4n) is 2.45. The van der Waals surface area contributed by atoms with E-state index in [1.807, 2.05) is 13.0 Å². The maximum Gasteiger partial charge on any atom is 0.391 e. The first-order valence-corrected chi connectivity index (χ1v) is 6.30. The van der Waals surface area contributed by atoms with Crippen LogP contribution in [-0.2, 0) is 6.54 Å². The van der Waals surface area contributed by atoms with Crippen LogP contribution in [0, 0.1) is 12.8 Å². The average molecular weight is 261 g/mol. The molecule has 1 heterocycles. The first kappa shape index (κ1) is 13.5. The number of rotatable bonds is 3. The van der Waals surface area contributed by atoms with Crippen LogP contribution in [0.15, 0.2) is 16.7 Å². The molecule has 0 bridgehead atoms. The lowest BCUT2D eigenvalue weighted by molar-refractivity contribution is -0.182. The van der Waals surface area contributed by atoms with E-state index in [1.54, 1.807) is 6.26 Å². The first-order valence-electron chi connectivity index (χ1n) is 6.30. The SMILES string of the molecule is Cc1ccoc1CNC1CCC(C(F)(F)F)CC1. The Morgan fingerprint density at radius 3 is 2.44 bits per heavy atom. The van der Waals surface area contributed by atoms with Crippen LogP contribution >= 0.6 is 0 Å². The Morgan fingerprint density at radius 1 is 1.28 bits per heavy atom. The Kier molecular flexibility index (Phi) is 4.00. The Bertz CT molecular complexity index is 378. The number of nitrogens with one attached hydrogen (secondary N) is 1. The quantitative estimate of drug-likeness (QED) is 0.895. The standard InChI is InChI=1S/C13H18F3NO/c1-9-6-7-18-12(9)8-17-11-4-2-10(3-5-11)13(14,15)16/h6-7,10-11,17H,2-5,8H2,1H3. The van der Waals surface area contributed by atoms with Gasteiger partial charge in [0.2, 0.25) is 0 Å². The molecule has 1 aromatic rings. The van der Waals surface area contributed by atoms with E-state index in [4.69, 9.17) is 4.42 Å². The number of aryl methyl sites for hydroxylation is 1. The van der Waals surface area contributed by atoms with Crippen LogP contribution in [0.5, 0.6) is 0 Å². The van der Waals surface area contributed by atoms with Crippen LogP contribution in [0.3, 0.4) is 0 Å². The number of furan rings is 1. The highest BCUT2D eigenvalue weighted by atomic mass is 19.4. The van der Waals surface area contributed by atoms with E-state index in [9.17, 15) is 13.2 Å². The van der Waals surface area contributed by atoms with Crippen LogP contribution in [0.4, 0.5) is 13.2 Å². The topological polar surface area (TPSA) is 25.2 Å². The molecule has 0 radical (unpaired) electrons. The lowest BCUT2D eigenvalue weighted by Gasteiger charge is -2.30. The highest BCUT2D eigenvalue weighted by Gasteiger charge is 2.41. The molecule has 0 spiro atoms. The van der Waals surface area contributed by atoms with Gasteiger partial charge in [0.1, 0.15) is 5.76 Å². The predicted molar refractivity (Wildman–Crippen MR) is 62.1 cm³/mol. The van der Waals surface area contributed by atoms with Crippen molar-refractivity contribution < 1.29 is 17.6 Å². The van der Waals surface area contributed by atoms with Crippen molar-refractivity contribution >= 4 is 0 Å². The fraction of sp³-hybridized carbons (Fsp3) is 0.692. The van der Waals surface area contributed by atoms with Gasteiger partial charge in [-0.3, -0.25) is 0 Å². The van der Waals surface area contributed by atoms with Crippen molar-refractivity contribution in [2.45, 2.75) is 51.4 Å². The lowest BCUT2D eigenvalue weighted by atomic mass is 9.85. The molecular formula is C13H18F3NO. The summed E-state index contributed by atoms with van der Waals surface area (Å²) in [5, 5.41) is 3.28. The highest BCUT2D eigenvalue weighted by molar-refractivity contribution is 5.14. The van der Waals surface area contributed by atoms with E-state index >= 15 is 0 Å². The van der Waals surface area contributed by atoms with Gasteiger partial charge in [-0.15, -0.1) is 0 Å². The molecule has 5 heteroatoms. The highest BCUT2D eigenvalue weighted by Crippen LogP contribution is 2.37. The molecule has 0 saturated heterocycles. The van der Waals surface area contributed by atoms with Crippen LogP contribution in [0.2, 0.25) is 0 Å². The Morgan fingerprint density at radius 2 is 1.94 bits per heavy atom. The Hall–Kier alpha value is -0.970. The van der Waals surface area contributed by atoms with Gasteiger partial charge >= 0.3 is 6.18 Å². The first-order chi connectivity index (χ1) is 8.47. The molecule has 18 heavy (non-hydrogen) atoms. The number of hydrogen-bond acceptors (Lipinski definition) is 2. The summed E-state index contributed by atoms with van der Waals surface area (Å²) in [6.45, 7) is 2.56. The molecule has 1 saturated carbocycles. The van der Waals surface area contributed by atoms with Crippen molar-refractivity contribution in [2.24, 2.45) is 5.92 Å². The molecule has 1 aliphatic carbocycles. The van der Waals surface area contributed by atoms with Crippen molar-refractivity contribution in [2.75, 3.05) is 0 Å². The van der Waals surface area contributed by atoms with Gasteiger partial charge in [0, 0.05) is 6.04 Å². The van der Waals surface area contributed by atoms with E-state index in [0.717, 1.165) is 11.3 Å². The summed E-state index contributed by atoms with van der Waals surface area (Å²) in [4.78, 5) is 0. The minimum Gasteiger partial charge on any atom is -0.468 e. The molecule has 1 fully saturated rings. The largest absolute Gasteiger partial charge is 0.468 e. The third-order valence-electron chi connectivity index (χ3n) is 3.71. The molecule has 0 aromatic carbocycles. The third kappa shape index (κ3) is 3.28. The van der Waals surface area contributed by atoms with Crippen LogP contribution in [0.25, 0.3) is 0 Å². The van der Waals surface area contributed by atoms with Gasteiger partial charge in [-0.2, -0.15) is 13.2 Å². The van der Waals surface area contributed by atoms with Gasteiger partial charge in [-0.05, 0) is 44.2 Å². The Labute approximate surface area is 105 Å². The number of hydrogen-bond donors (Lipinski definition) is 1. The maximum absolute atomic E-state index is 12.5. The maximum atomic E-state index is 12.5. The van der Waals surface area contributed by atoms with E-state index in [1.165, 1.54) is 0 Å². The lowest BCUT2D eigenvalue weighted by Crippen LogP contribution is -2.36. The second kappa shape index (κ2) is 5.34. The zero-order chi connectivity index (χ0) is 13.2. The van der Waals surface area contributed by atoms with Crippen molar-refractivity contribution in [1.29, 1.82) is 0 Å². The van der Waals surface area contributed by atoms with Gasteiger partial charge < -0.3 is 9.73 Å². The van der Waals surface area contributed by atoms with E-state index < -0.39 is 12.1 Å². The van der Waals surface area contributed by atoms with Gasteiger partial charge in [0.15, 0.2) is 0 Å². The van der Waals surface area contributed by atoms with Gasteiger partial charge in [0.05, 0.1) is 18.7 Å². The summed E-state index contributed by atoms with van der Waals surface area (Å²) < 4.78 is 42.8. The van der Waals surface area contributed by atoms with Crippen molar-refractivity contribution in [3.8, 4) is 0 Å². The molecule has 0 atom stereocenters. The minimum atomic E-state index is -4.03. The third-order valence-corrected chi connectivity index (χ3v) is 3.71. The Balaban J connectivity index is 1.76. The normalized spacial score (nSPS) is 25.3. The summed E-state index contributed by atoms with van der Waals surface area (Å²) in [6, 6.07) is 2.06. The van der Waals surface area contributed by atoms with Gasteiger partial charge in [0.25, 0.3) is 0 Å². The zero-order valence-electron chi connectivity index (χ0n) is 10.4. The van der Waals surface area contributed by atoms with E-state index in [2.05, 4.69) is 5.32 Å². The van der Waals surface area contributed by atoms with Crippen molar-refractivity contribution in [1.82, 2.24) is 5.32 Å². The molecule has 1 aliphatic rings. The summed E-state index contributed by atoms with van der Waals surface area (Å²) in [6.07, 6.45) is -0.750. The van der Waals surface area contributed by atoms with Gasteiger partial charge in [-0.1, -0.05) is 0 Å². The molecule has 1 aromatic heterocycles. The summed E-state index contributed by atoms with van der Waals surface area (Å²) in [7, 11) is 0. The summed E-state index contributed by atoms with van der Waals surface area (Å²) in [5.74, 6) is -0.242. The molecule has 2 rings (SSSR count). The fourth-order valence-corrected chi connectivity index (χ4v) is 2.45. The molecule has 1 N–H and O–H groups in total. The monoisotopic (exact) mass is 261 g/mol. The number of halogens is 3. The second-order valence-corrected chi connectivity index (χ2v) is 5.00. The minimum absolute atomic E-state index is 0.174. The molecule has 0 amide bonds. The smallest absolute Gasteiger partial charge is 0.391 e. The van der Waals surface area contributed by atoms with Crippen LogP contribution < -0.4 is 5.32 Å². The predicted octanol–water partition coefficient (Wildman–Crippen LogP) is 3.80. The second-order valence-electron chi connectivity index (χ2n) is 5.00. The summed E-state index contributed by atoms with van der Waals surface area (Å²) >= 11 is 0. The average Bonchev–Trinajstić information content (AvgIpc) is 2.72. The summed E-state index contributed by atoms with van der Waals surface area (Å²) in [5.41, 5.74) is 1.08. The van der Waals surface area contributed by atoms with Gasteiger partial charge in [-0.25, -0.2) is 0 Å². The van der Waals surface area contributed by atoms with Crippen molar-refractivity contribution in [3.05, 3.63) is 23.7 Å². The van der Waals surface area contributed by atoms with Crippen LogP contribution in [-0.4, -0.2) is 12.2 Å². The van der Waals surface area contributed by atoms with Crippen LogP contribution in [0.1, 0.15) is 37.0 Å². The molecule has 102 valence electrons. The van der Waals surface area contributed by atoms with Crippen molar-refractivity contribution in [3.63, 3.8) is 0 Å². The molecule has 0 unspecified atom stereocenters.